The Balaban J connectivity index is 2.14. The molecule has 0 bridgehead atoms. The molecule has 0 aromatic heterocycles. The quantitative estimate of drug-likeness (QED) is 0.929. The number of aromatic hydroxyl groups is 1. The van der Waals surface area contributed by atoms with Crippen LogP contribution in [-0.4, -0.2) is 23.0 Å². The third kappa shape index (κ3) is 3.39. The maximum absolute atomic E-state index is 12.3. The number of halogens is 1. The third-order valence-corrected chi connectivity index (χ3v) is 3.57. The van der Waals surface area contributed by atoms with Gasteiger partial charge in [0.2, 0.25) is 0 Å². The molecule has 0 spiro atoms. The van der Waals surface area contributed by atoms with Crippen LogP contribution in [0.3, 0.4) is 0 Å². The minimum absolute atomic E-state index is 0.0138. The van der Waals surface area contributed by atoms with Crippen molar-refractivity contribution in [3.63, 3.8) is 0 Å². The van der Waals surface area contributed by atoms with E-state index in [0.717, 1.165) is 10.0 Å². The van der Waals surface area contributed by atoms with Crippen molar-refractivity contribution < 1.29 is 9.90 Å². The van der Waals surface area contributed by atoms with Crippen molar-refractivity contribution in [3.05, 3.63) is 63.6 Å². The van der Waals surface area contributed by atoms with Gasteiger partial charge in [0.25, 0.3) is 5.91 Å². The van der Waals surface area contributed by atoms with Crippen molar-refractivity contribution in [2.75, 3.05) is 7.05 Å². The standard InChI is InChI=1S/C16H16BrNO2/c1-11-3-5-12(6-4-11)10-18(2)16(20)14-8-7-13(17)9-15(14)19/h3-9,19H,10H2,1-2H3. The van der Waals surface area contributed by atoms with Crippen LogP contribution in [-0.2, 0) is 6.54 Å². The van der Waals surface area contributed by atoms with E-state index in [9.17, 15) is 9.90 Å². The summed E-state index contributed by atoms with van der Waals surface area (Å²) in [6, 6.07) is 12.9. The highest BCUT2D eigenvalue weighted by Gasteiger charge is 2.16. The molecule has 0 radical (unpaired) electrons. The van der Waals surface area contributed by atoms with Crippen LogP contribution in [0.4, 0.5) is 0 Å². The van der Waals surface area contributed by atoms with Crippen LogP contribution in [0.5, 0.6) is 5.75 Å². The van der Waals surface area contributed by atoms with Gasteiger partial charge in [0.15, 0.2) is 0 Å². The zero-order chi connectivity index (χ0) is 14.7. The summed E-state index contributed by atoms with van der Waals surface area (Å²) >= 11 is 3.26. The van der Waals surface area contributed by atoms with Gasteiger partial charge >= 0.3 is 0 Å². The van der Waals surface area contributed by atoms with Crippen molar-refractivity contribution in [3.8, 4) is 5.75 Å². The molecule has 2 aromatic carbocycles. The van der Waals surface area contributed by atoms with E-state index in [1.807, 2.05) is 31.2 Å². The highest BCUT2D eigenvalue weighted by molar-refractivity contribution is 9.10. The highest BCUT2D eigenvalue weighted by atomic mass is 79.9. The number of rotatable bonds is 3. The molecule has 0 aliphatic rings. The first-order chi connectivity index (χ1) is 9.47. The van der Waals surface area contributed by atoms with Crippen molar-refractivity contribution >= 4 is 21.8 Å². The summed E-state index contributed by atoms with van der Waals surface area (Å²) in [5, 5.41) is 9.84. The number of nitrogens with zero attached hydrogens (tertiary/aromatic N) is 1. The number of carbonyl (C=O) groups is 1. The SMILES string of the molecule is Cc1ccc(CN(C)C(=O)c2ccc(Br)cc2O)cc1. The number of hydrogen-bond donors (Lipinski definition) is 1. The van der Waals surface area contributed by atoms with E-state index in [4.69, 9.17) is 0 Å². The molecule has 0 saturated heterocycles. The smallest absolute Gasteiger partial charge is 0.257 e. The second-order valence-electron chi connectivity index (χ2n) is 4.81. The highest BCUT2D eigenvalue weighted by Crippen LogP contribution is 2.23. The summed E-state index contributed by atoms with van der Waals surface area (Å²) in [7, 11) is 1.73. The molecule has 0 heterocycles. The van der Waals surface area contributed by atoms with Crippen LogP contribution in [0, 0.1) is 6.92 Å². The number of benzene rings is 2. The normalized spacial score (nSPS) is 10.3. The van der Waals surface area contributed by atoms with Crippen molar-refractivity contribution in [1.82, 2.24) is 4.90 Å². The summed E-state index contributed by atoms with van der Waals surface area (Å²) in [6.07, 6.45) is 0. The molecule has 3 nitrogen and oxygen atoms in total. The fourth-order valence-electron chi connectivity index (χ4n) is 1.93. The van der Waals surface area contributed by atoms with Gasteiger partial charge in [-0.15, -0.1) is 0 Å². The lowest BCUT2D eigenvalue weighted by Gasteiger charge is -2.18. The van der Waals surface area contributed by atoms with E-state index in [1.165, 1.54) is 11.6 Å². The predicted molar refractivity (Wildman–Crippen MR) is 82.8 cm³/mol. The number of phenols is 1. The number of aryl methyl sites for hydroxylation is 1. The molecule has 1 N–H and O–H groups in total. The molecule has 0 aliphatic heterocycles. The number of amides is 1. The first kappa shape index (κ1) is 14.6. The predicted octanol–water partition coefficient (Wildman–Crippen LogP) is 3.74. The summed E-state index contributed by atoms with van der Waals surface area (Å²) in [5.74, 6) is -0.212. The van der Waals surface area contributed by atoms with Gasteiger partial charge in [-0.1, -0.05) is 45.8 Å². The summed E-state index contributed by atoms with van der Waals surface area (Å²) in [6.45, 7) is 2.53. The van der Waals surface area contributed by atoms with Gasteiger partial charge in [-0.25, -0.2) is 0 Å². The molecule has 0 fully saturated rings. The second-order valence-corrected chi connectivity index (χ2v) is 5.72. The van der Waals surface area contributed by atoms with E-state index in [-0.39, 0.29) is 11.7 Å². The van der Waals surface area contributed by atoms with Crippen molar-refractivity contribution in [1.29, 1.82) is 0 Å². The first-order valence-electron chi connectivity index (χ1n) is 6.27. The minimum Gasteiger partial charge on any atom is -0.507 e. The van der Waals surface area contributed by atoms with Gasteiger partial charge in [-0.3, -0.25) is 4.79 Å². The molecule has 0 atom stereocenters. The van der Waals surface area contributed by atoms with Gasteiger partial charge in [0, 0.05) is 18.1 Å². The first-order valence-corrected chi connectivity index (χ1v) is 7.06. The summed E-state index contributed by atoms with van der Waals surface area (Å²) in [5.41, 5.74) is 2.55. The van der Waals surface area contributed by atoms with Gasteiger partial charge in [-0.2, -0.15) is 0 Å². The Morgan fingerprint density at radius 1 is 1.20 bits per heavy atom. The molecule has 2 rings (SSSR count). The average molecular weight is 334 g/mol. The molecule has 0 unspecified atom stereocenters. The minimum atomic E-state index is -0.199. The van der Waals surface area contributed by atoms with Crippen molar-refractivity contribution in [2.24, 2.45) is 0 Å². The van der Waals surface area contributed by atoms with Crippen LogP contribution in [0.1, 0.15) is 21.5 Å². The molecule has 0 saturated carbocycles. The molecule has 4 heteroatoms. The van der Waals surface area contributed by atoms with Crippen LogP contribution in [0.25, 0.3) is 0 Å². The van der Waals surface area contributed by atoms with E-state index in [1.54, 1.807) is 24.1 Å². The lowest BCUT2D eigenvalue weighted by atomic mass is 10.1. The van der Waals surface area contributed by atoms with E-state index in [0.29, 0.717) is 12.1 Å². The third-order valence-electron chi connectivity index (χ3n) is 3.08. The van der Waals surface area contributed by atoms with Crippen LogP contribution in [0.2, 0.25) is 0 Å². The molecule has 0 aliphatic carbocycles. The van der Waals surface area contributed by atoms with E-state index in [2.05, 4.69) is 15.9 Å². The Morgan fingerprint density at radius 3 is 2.45 bits per heavy atom. The van der Waals surface area contributed by atoms with Crippen LogP contribution < -0.4 is 0 Å². The molecule has 104 valence electrons. The van der Waals surface area contributed by atoms with Crippen LogP contribution in [0.15, 0.2) is 46.9 Å². The van der Waals surface area contributed by atoms with Crippen LogP contribution >= 0.6 is 15.9 Å². The van der Waals surface area contributed by atoms with Gasteiger partial charge < -0.3 is 10.0 Å². The Hall–Kier alpha value is -1.81. The Labute approximate surface area is 127 Å². The van der Waals surface area contributed by atoms with Gasteiger partial charge in [0.1, 0.15) is 5.75 Å². The van der Waals surface area contributed by atoms with Crippen molar-refractivity contribution in [2.45, 2.75) is 13.5 Å². The molecule has 1 amide bonds. The van der Waals surface area contributed by atoms with E-state index < -0.39 is 0 Å². The largest absolute Gasteiger partial charge is 0.507 e. The molecule has 2 aromatic rings. The average Bonchev–Trinajstić information content (AvgIpc) is 2.40. The second kappa shape index (κ2) is 6.09. The van der Waals surface area contributed by atoms with Gasteiger partial charge in [-0.05, 0) is 30.7 Å². The summed E-state index contributed by atoms with van der Waals surface area (Å²) < 4.78 is 0.743. The number of carbonyl (C=O) groups excluding carboxylic acids is 1. The fourth-order valence-corrected chi connectivity index (χ4v) is 2.28. The molecule has 20 heavy (non-hydrogen) atoms. The van der Waals surface area contributed by atoms with Gasteiger partial charge in [0.05, 0.1) is 5.56 Å². The van der Waals surface area contributed by atoms with E-state index >= 15 is 0 Å². The topological polar surface area (TPSA) is 40.5 Å². The molecular weight excluding hydrogens is 318 g/mol. The maximum Gasteiger partial charge on any atom is 0.257 e. The lowest BCUT2D eigenvalue weighted by Crippen LogP contribution is -2.26. The molecular formula is C16H16BrNO2. The zero-order valence-corrected chi connectivity index (χ0v) is 13.0. The number of hydrogen-bond acceptors (Lipinski definition) is 2. The Morgan fingerprint density at radius 2 is 1.85 bits per heavy atom. The monoisotopic (exact) mass is 333 g/mol. The Bertz CT molecular complexity index is 623. The summed E-state index contributed by atoms with van der Waals surface area (Å²) in [4.78, 5) is 13.9. The Kier molecular flexibility index (Phi) is 4.45. The maximum atomic E-state index is 12.3. The number of phenolic OH excluding ortho intramolecular Hbond substituents is 1. The fraction of sp³-hybridized carbons (Fsp3) is 0.188. The lowest BCUT2D eigenvalue weighted by molar-refractivity contribution is 0.0782. The zero-order valence-electron chi connectivity index (χ0n) is 11.4.